The van der Waals surface area contributed by atoms with Gasteiger partial charge in [0.25, 0.3) is 0 Å². The van der Waals surface area contributed by atoms with Crippen LogP contribution in [0.4, 0.5) is 5.69 Å². The van der Waals surface area contributed by atoms with E-state index in [-0.39, 0.29) is 30.7 Å². The lowest BCUT2D eigenvalue weighted by Gasteiger charge is -2.11. The van der Waals surface area contributed by atoms with Gasteiger partial charge in [-0.05, 0) is 18.6 Å². The van der Waals surface area contributed by atoms with E-state index in [1.54, 1.807) is 35.9 Å². The van der Waals surface area contributed by atoms with Gasteiger partial charge in [-0.25, -0.2) is 4.98 Å². The third kappa shape index (κ3) is 6.30. The molecule has 3 N–H and O–H groups in total. The van der Waals surface area contributed by atoms with Crippen LogP contribution in [-0.2, 0) is 22.7 Å². The Labute approximate surface area is 162 Å². The van der Waals surface area contributed by atoms with Crippen molar-refractivity contribution in [1.29, 1.82) is 0 Å². The third-order valence-electron chi connectivity index (χ3n) is 3.62. The van der Waals surface area contributed by atoms with Gasteiger partial charge >= 0.3 is 0 Å². The molecule has 0 radical (unpaired) electrons. The number of anilines is 1. The molecule has 0 aliphatic heterocycles. The number of aromatic nitrogens is 2. The standard InChI is InChI=1S/C18H24N4O4S/c1-3-7-19-16(24)10-22-14(11-23)9-20-18(22)27-12-17(25)21-13-5-4-6-15(8-13)26-2/h4-6,8-9,23H,3,7,10-12H2,1-2H3,(H,19,24)(H,21,25). The van der Waals surface area contributed by atoms with E-state index in [2.05, 4.69) is 15.6 Å². The molecule has 2 amide bonds. The van der Waals surface area contributed by atoms with Crippen LogP contribution in [0, 0.1) is 0 Å². The number of hydrogen-bond donors (Lipinski definition) is 3. The number of nitrogens with one attached hydrogen (secondary N) is 2. The number of hydrogen-bond acceptors (Lipinski definition) is 6. The van der Waals surface area contributed by atoms with Crippen LogP contribution < -0.4 is 15.4 Å². The van der Waals surface area contributed by atoms with E-state index >= 15 is 0 Å². The topological polar surface area (TPSA) is 105 Å². The minimum absolute atomic E-state index is 0.0513. The summed E-state index contributed by atoms with van der Waals surface area (Å²) in [5.41, 5.74) is 1.16. The maximum atomic E-state index is 12.2. The van der Waals surface area contributed by atoms with Crippen LogP contribution in [0.2, 0.25) is 0 Å². The van der Waals surface area contributed by atoms with E-state index < -0.39 is 0 Å². The molecule has 0 aliphatic rings. The van der Waals surface area contributed by atoms with Gasteiger partial charge in [0.1, 0.15) is 12.3 Å². The highest BCUT2D eigenvalue weighted by molar-refractivity contribution is 7.99. The van der Waals surface area contributed by atoms with Crippen LogP contribution in [0.1, 0.15) is 19.0 Å². The largest absolute Gasteiger partial charge is 0.497 e. The predicted molar refractivity (Wildman–Crippen MR) is 104 cm³/mol. The lowest BCUT2D eigenvalue weighted by molar-refractivity contribution is -0.121. The van der Waals surface area contributed by atoms with E-state index in [4.69, 9.17) is 4.74 Å². The molecule has 0 atom stereocenters. The van der Waals surface area contributed by atoms with Gasteiger partial charge in [0.05, 0.1) is 31.4 Å². The van der Waals surface area contributed by atoms with Crippen LogP contribution in [0.5, 0.6) is 5.75 Å². The molecule has 1 heterocycles. The predicted octanol–water partition coefficient (Wildman–Crippen LogP) is 1.64. The Balaban J connectivity index is 1.97. The monoisotopic (exact) mass is 392 g/mol. The lowest BCUT2D eigenvalue weighted by Crippen LogP contribution is -2.29. The SMILES string of the molecule is CCCNC(=O)Cn1c(CO)cnc1SCC(=O)Nc1cccc(OC)c1. The van der Waals surface area contributed by atoms with E-state index in [1.165, 1.54) is 18.0 Å². The first-order chi connectivity index (χ1) is 13.1. The molecule has 1 aromatic carbocycles. The molecule has 0 bridgehead atoms. The number of benzene rings is 1. The van der Waals surface area contributed by atoms with Crippen molar-refractivity contribution in [2.45, 2.75) is 31.7 Å². The number of thioether (sulfide) groups is 1. The first kappa shape index (κ1) is 20.8. The summed E-state index contributed by atoms with van der Waals surface area (Å²) < 4.78 is 6.75. The second-order valence-electron chi connectivity index (χ2n) is 5.70. The Hall–Kier alpha value is -2.52. The zero-order valence-corrected chi connectivity index (χ0v) is 16.2. The molecule has 9 heteroatoms. The van der Waals surface area contributed by atoms with Crippen molar-refractivity contribution in [3.8, 4) is 5.75 Å². The number of imidazole rings is 1. The van der Waals surface area contributed by atoms with Crippen LogP contribution in [0.25, 0.3) is 0 Å². The first-order valence-electron chi connectivity index (χ1n) is 8.56. The minimum Gasteiger partial charge on any atom is -0.497 e. The van der Waals surface area contributed by atoms with Gasteiger partial charge in [0.15, 0.2) is 5.16 Å². The van der Waals surface area contributed by atoms with Gasteiger partial charge in [0.2, 0.25) is 11.8 Å². The average molecular weight is 392 g/mol. The molecule has 0 aliphatic carbocycles. The third-order valence-corrected chi connectivity index (χ3v) is 4.61. The zero-order chi connectivity index (χ0) is 19.6. The molecule has 2 aromatic rings. The molecule has 0 unspecified atom stereocenters. The molecular weight excluding hydrogens is 368 g/mol. The van der Waals surface area contributed by atoms with Crippen molar-refractivity contribution in [2.75, 3.05) is 24.7 Å². The molecule has 8 nitrogen and oxygen atoms in total. The second-order valence-corrected chi connectivity index (χ2v) is 6.64. The summed E-state index contributed by atoms with van der Waals surface area (Å²) in [6, 6.07) is 7.08. The van der Waals surface area contributed by atoms with Crippen molar-refractivity contribution >= 4 is 29.3 Å². The highest BCUT2D eigenvalue weighted by Gasteiger charge is 2.15. The Morgan fingerprint density at radius 1 is 1.33 bits per heavy atom. The van der Waals surface area contributed by atoms with E-state index in [0.717, 1.165) is 6.42 Å². The molecule has 0 saturated carbocycles. The average Bonchev–Trinajstić information content (AvgIpc) is 3.06. The number of carbonyl (C=O) groups is 2. The van der Waals surface area contributed by atoms with Gasteiger partial charge in [-0.1, -0.05) is 24.8 Å². The molecule has 27 heavy (non-hydrogen) atoms. The molecule has 0 saturated heterocycles. The van der Waals surface area contributed by atoms with Gasteiger partial charge in [-0.15, -0.1) is 0 Å². The number of rotatable bonds is 10. The summed E-state index contributed by atoms with van der Waals surface area (Å²) in [6.45, 7) is 2.38. The minimum atomic E-state index is -0.232. The highest BCUT2D eigenvalue weighted by Crippen LogP contribution is 2.20. The fourth-order valence-electron chi connectivity index (χ4n) is 2.29. The summed E-state index contributed by atoms with van der Waals surface area (Å²) in [6.07, 6.45) is 2.35. The highest BCUT2D eigenvalue weighted by atomic mass is 32.2. The van der Waals surface area contributed by atoms with Crippen molar-refractivity contribution in [3.05, 3.63) is 36.2 Å². The fourth-order valence-corrected chi connectivity index (χ4v) is 3.09. The quantitative estimate of drug-likeness (QED) is 0.531. The maximum absolute atomic E-state index is 12.2. The van der Waals surface area contributed by atoms with Crippen molar-refractivity contribution < 1.29 is 19.4 Å². The summed E-state index contributed by atoms with van der Waals surface area (Å²) in [7, 11) is 1.56. The van der Waals surface area contributed by atoms with Crippen LogP contribution in [0.3, 0.4) is 0 Å². The summed E-state index contributed by atoms with van der Waals surface area (Å²) >= 11 is 1.20. The Bertz CT molecular complexity index is 778. The normalized spacial score (nSPS) is 10.5. The number of aliphatic hydroxyl groups is 1. The number of aliphatic hydroxyl groups excluding tert-OH is 1. The Morgan fingerprint density at radius 3 is 2.85 bits per heavy atom. The van der Waals surface area contributed by atoms with E-state index in [9.17, 15) is 14.7 Å². The van der Waals surface area contributed by atoms with Crippen molar-refractivity contribution in [3.63, 3.8) is 0 Å². The van der Waals surface area contributed by atoms with E-state index in [1.807, 2.05) is 6.92 Å². The lowest BCUT2D eigenvalue weighted by atomic mass is 10.3. The maximum Gasteiger partial charge on any atom is 0.240 e. The van der Waals surface area contributed by atoms with Crippen molar-refractivity contribution in [1.82, 2.24) is 14.9 Å². The Kier molecular flexibility index (Phi) is 8.15. The molecule has 0 fully saturated rings. The van der Waals surface area contributed by atoms with Crippen molar-refractivity contribution in [2.24, 2.45) is 0 Å². The van der Waals surface area contributed by atoms with E-state index in [0.29, 0.717) is 28.8 Å². The van der Waals surface area contributed by atoms with Gasteiger partial charge in [-0.2, -0.15) is 0 Å². The summed E-state index contributed by atoms with van der Waals surface area (Å²) in [5.74, 6) is 0.410. The summed E-state index contributed by atoms with van der Waals surface area (Å²) in [4.78, 5) is 28.4. The van der Waals surface area contributed by atoms with Gasteiger partial charge in [-0.3, -0.25) is 9.59 Å². The van der Waals surface area contributed by atoms with Gasteiger partial charge < -0.3 is 25.0 Å². The number of amides is 2. The molecule has 1 aromatic heterocycles. The number of nitrogens with zero attached hydrogens (tertiary/aromatic N) is 2. The number of methoxy groups -OCH3 is 1. The molecule has 146 valence electrons. The smallest absolute Gasteiger partial charge is 0.240 e. The molecule has 0 spiro atoms. The van der Waals surface area contributed by atoms with Crippen LogP contribution in [0.15, 0.2) is 35.6 Å². The van der Waals surface area contributed by atoms with Gasteiger partial charge in [0, 0.05) is 18.3 Å². The first-order valence-corrected chi connectivity index (χ1v) is 9.54. The molecule has 2 rings (SSSR count). The zero-order valence-electron chi connectivity index (χ0n) is 15.4. The fraction of sp³-hybridized carbons (Fsp3) is 0.389. The number of ether oxygens (including phenoxy) is 1. The second kappa shape index (κ2) is 10.6. The van der Waals surface area contributed by atoms with Crippen LogP contribution in [-0.4, -0.2) is 45.9 Å². The summed E-state index contributed by atoms with van der Waals surface area (Å²) in [5, 5.41) is 15.5. The number of carbonyl (C=O) groups excluding carboxylic acids is 2. The van der Waals surface area contributed by atoms with Crippen LogP contribution >= 0.6 is 11.8 Å². The molecular formula is C18H24N4O4S. The Morgan fingerprint density at radius 2 is 2.15 bits per heavy atom.